The minimum atomic E-state index is -0.215. The third-order valence-corrected chi connectivity index (χ3v) is 6.10. The maximum Gasteiger partial charge on any atom is 0.250 e. The number of nitrogens with one attached hydrogen (secondary N) is 2. The Hall–Kier alpha value is -3.37. The van der Waals surface area contributed by atoms with Crippen molar-refractivity contribution in [3.05, 3.63) is 108 Å². The summed E-state index contributed by atoms with van der Waals surface area (Å²) in [6, 6.07) is 7.61. The van der Waals surface area contributed by atoms with Crippen LogP contribution in [-0.2, 0) is 4.79 Å². The molecule has 0 bridgehead atoms. The van der Waals surface area contributed by atoms with E-state index >= 15 is 0 Å². The summed E-state index contributed by atoms with van der Waals surface area (Å²) in [5.74, 6) is 0.617. The number of amides is 1. The summed E-state index contributed by atoms with van der Waals surface area (Å²) in [6.07, 6.45) is 20.4. The molecule has 0 radical (unpaired) electrons. The summed E-state index contributed by atoms with van der Waals surface area (Å²) in [5, 5.41) is 8.81. The summed E-state index contributed by atoms with van der Waals surface area (Å²) in [5.41, 5.74) is 2.22. The third-order valence-electron chi connectivity index (χ3n) is 5.87. The molecule has 232 valence electrons. The number of halogens is 1. The molecule has 0 aliphatic carbocycles. The molecular weight excluding hydrogens is 538 g/mol. The number of hydrogen-bond donors (Lipinski definition) is 2. The van der Waals surface area contributed by atoms with Gasteiger partial charge < -0.3 is 10.6 Å². The Bertz CT molecular complexity index is 1170. The Labute approximate surface area is 262 Å². The Kier molecular flexibility index (Phi) is 25.7. The van der Waals surface area contributed by atoms with E-state index in [0.29, 0.717) is 23.0 Å². The van der Waals surface area contributed by atoms with Gasteiger partial charge in [-0.3, -0.25) is 4.79 Å². The molecule has 1 atom stereocenters. The van der Waals surface area contributed by atoms with E-state index in [9.17, 15) is 4.79 Å². The van der Waals surface area contributed by atoms with Crippen molar-refractivity contribution in [2.75, 3.05) is 11.9 Å². The predicted molar refractivity (Wildman–Crippen MR) is 190 cm³/mol. The van der Waals surface area contributed by atoms with Gasteiger partial charge in [0.2, 0.25) is 0 Å². The molecule has 0 aliphatic heterocycles. The van der Waals surface area contributed by atoms with Crippen LogP contribution in [0.5, 0.6) is 0 Å². The van der Waals surface area contributed by atoms with Gasteiger partial charge in [0.15, 0.2) is 0 Å². The first-order valence-electron chi connectivity index (χ1n) is 15.4. The SMILES string of the molecule is C=C/C(=C\C=C/C)C(C)CNC(=O)C(=C)/C=C\C(=C/C)Nc1nccc2ccc(Cl)cc12.CC.CC.CCCCCC. The van der Waals surface area contributed by atoms with Crippen molar-refractivity contribution >= 4 is 34.1 Å². The zero-order valence-electron chi connectivity index (χ0n) is 27.7. The van der Waals surface area contributed by atoms with Gasteiger partial charge in [0.05, 0.1) is 0 Å². The maximum absolute atomic E-state index is 12.5. The first-order valence-corrected chi connectivity index (χ1v) is 15.8. The number of anilines is 1. The van der Waals surface area contributed by atoms with Gasteiger partial charge >= 0.3 is 0 Å². The maximum atomic E-state index is 12.5. The number of aromatic nitrogens is 1. The van der Waals surface area contributed by atoms with Crippen molar-refractivity contribution in [3.63, 3.8) is 0 Å². The minimum absolute atomic E-state index is 0.140. The topological polar surface area (TPSA) is 54.0 Å². The number of carbonyl (C=O) groups excluding carboxylic acids is 1. The van der Waals surface area contributed by atoms with Crippen LogP contribution in [0.15, 0.2) is 103 Å². The summed E-state index contributed by atoms with van der Waals surface area (Å²) in [7, 11) is 0. The van der Waals surface area contributed by atoms with Crippen molar-refractivity contribution in [3.8, 4) is 0 Å². The van der Waals surface area contributed by atoms with E-state index < -0.39 is 0 Å². The van der Waals surface area contributed by atoms with Gasteiger partial charge in [-0.15, -0.1) is 0 Å². The molecular formula is C37H56ClN3O. The Morgan fingerprint density at radius 1 is 1.05 bits per heavy atom. The lowest BCUT2D eigenvalue weighted by atomic mass is 10.0. The number of benzene rings is 1. The van der Waals surface area contributed by atoms with Crippen LogP contribution in [0.3, 0.4) is 0 Å². The van der Waals surface area contributed by atoms with Crippen LogP contribution < -0.4 is 10.6 Å². The first kappa shape index (κ1) is 40.8. The highest BCUT2D eigenvalue weighted by molar-refractivity contribution is 6.31. The second-order valence-corrected chi connectivity index (χ2v) is 9.40. The van der Waals surface area contributed by atoms with E-state index in [0.717, 1.165) is 22.0 Å². The van der Waals surface area contributed by atoms with E-state index in [4.69, 9.17) is 11.6 Å². The number of rotatable bonds is 13. The van der Waals surface area contributed by atoms with Gasteiger partial charge in [0.1, 0.15) is 5.82 Å². The third kappa shape index (κ3) is 16.8. The lowest BCUT2D eigenvalue weighted by Crippen LogP contribution is -2.29. The van der Waals surface area contributed by atoms with Crippen molar-refractivity contribution in [1.82, 2.24) is 10.3 Å². The Balaban J connectivity index is 0. The highest BCUT2D eigenvalue weighted by Gasteiger charge is 2.10. The molecule has 1 aromatic carbocycles. The van der Waals surface area contributed by atoms with Crippen LogP contribution in [0.1, 0.15) is 88.0 Å². The molecule has 1 aromatic heterocycles. The summed E-state index contributed by atoms with van der Waals surface area (Å²) >= 11 is 6.15. The van der Waals surface area contributed by atoms with Gasteiger partial charge in [-0.2, -0.15) is 0 Å². The van der Waals surface area contributed by atoms with Gasteiger partial charge in [-0.25, -0.2) is 4.98 Å². The monoisotopic (exact) mass is 593 g/mol. The number of pyridine rings is 1. The molecule has 5 heteroatoms. The quantitative estimate of drug-likeness (QED) is 0.138. The highest BCUT2D eigenvalue weighted by Crippen LogP contribution is 2.25. The molecule has 0 spiro atoms. The van der Waals surface area contributed by atoms with Crippen LogP contribution in [0.25, 0.3) is 10.8 Å². The second-order valence-electron chi connectivity index (χ2n) is 8.97. The molecule has 0 fully saturated rings. The standard InChI is InChI=1S/C27H30ClN3O.C6H14.2C2H6/c1-6-9-10-21(7-2)20(5)18-30-27(32)19(4)11-14-24(8-3)31-26-25-17-23(28)13-12-22(25)15-16-29-26;1-3-5-6-4-2;2*1-2/h6-17,20H,2,4,18H2,1,3,5H3,(H,29,31)(H,30,32);3-6H2,1-2H3;2*1-2H3/b9-6-,14-11-,21-10+,24-8+;;;. The summed E-state index contributed by atoms with van der Waals surface area (Å²) in [6.45, 7) is 26.6. The second kappa shape index (κ2) is 26.5. The average molecular weight is 594 g/mol. The fraction of sp³-hybridized carbons (Fsp3) is 0.405. The van der Waals surface area contributed by atoms with Gasteiger partial charge in [-0.1, -0.05) is 135 Å². The molecule has 1 amide bonds. The van der Waals surface area contributed by atoms with Gasteiger partial charge in [0.25, 0.3) is 5.91 Å². The molecule has 1 unspecified atom stereocenters. The van der Waals surface area contributed by atoms with E-state index in [1.54, 1.807) is 18.3 Å². The molecule has 2 N–H and O–H groups in total. The van der Waals surface area contributed by atoms with E-state index in [1.165, 1.54) is 25.7 Å². The number of unbranched alkanes of at least 4 members (excludes halogenated alkanes) is 3. The molecule has 1 heterocycles. The number of fused-ring (bicyclic) bond motifs is 1. The van der Waals surface area contributed by atoms with E-state index in [1.807, 2.05) is 103 Å². The molecule has 0 aliphatic rings. The molecule has 2 rings (SSSR count). The van der Waals surface area contributed by atoms with Gasteiger partial charge in [-0.05, 0) is 61.1 Å². The van der Waals surface area contributed by atoms with Crippen LogP contribution >= 0.6 is 11.6 Å². The van der Waals surface area contributed by atoms with E-state index in [-0.39, 0.29) is 11.8 Å². The van der Waals surface area contributed by atoms with Crippen molar-refractivity contribution < 1.29 is 4.79 Å². The fourth-order valence-electron chi connectivity index (χ4n) is 3.47. The molecule has 0 saturated carbocycles. The average Bonchev–Trinajstić information content (AvgIpc) is 3.03. The lowest BCUT2D eigenvalue weighted by molar-refractivity contribution is -0.117. The molecule has 4 nitrogen and oxygen atoms in total. The predicted octanol–water partition coefficient (Wildman–Crippen LogP) is 11.4. The number of carbonyl (C=O) groups is 1. The van der Waals surface area contributed by atoms with Crippen LogP contribution in [0.4, 0.5) is 5.82 Å². The summed E-state index contributed by atoms with van der Waals surface area (Å²) in [4.78, 5) is 16.9. The molecule has 42 heavy (non-hydrogen) atoms. The van der Waals surface area contributed by atoms with Crippen LogP contribution in [-0.4, -0.2) is 17.4 Å². The number of allylic oxidation sites excluding steroid dienone is 6. The zero-order chi connectivity index (χ0) is 32.3. The van der Waals surface area contributed by atoms with Crippen molar-refractivity contribution in [2.45, 2.75) is 88.0 Å². The van der Waals surface area contributed by atoms with Crippen molar-refractivity contribution in [2.24, 2.45) is 5.92 Å². The summed E-state index contributed by atoms with van der Waals surface area (Å²) < 4.78 is 0. The zero-order valence-corrected chi connectivity index (χ0v) is 28.4. The normalized spacial score (nSPS) is 11.9. The largest absolute Gasteiger partial charge is 0.351 e. The highest BCUT2D eigenvalue weighted by atomic mass is 35.5. The molecule has 2 aromatic rings. The van der Waals surface area contributed by atoms with Crippen molar-refractivity contribution in [1.29, 1.82) is 0 Å². The minimum Gasteiger partial charge on any atom is -0.351 e. The van der Waals surface area contributed by atoms with Crippen LogP contribution in [0, 0.1) is 5.92 Å². The fourth-order valence-corrected chi connectivity index (χ4v) is 3.64. The Morgan fingerprint density at radius 2 is 1.69 bits per heavy atom. The number of nitrogens with zero attached hydrogens (tertiary/aromatic N) is 1. The van der Waals surface area contributed by atoms with Crippen LogP contribution in [0.2, 0.25) is 5.02 Å². The molecule has 0 saturated heterocycles. The lowest BCUT2D eigenvalue weighted by Gasteiger charge is -2.14. The Morgan fingerprint density at radius 3 is 2.24 bits per heavy atom. The van der Waals surface area contributed by atoms with E-state index in [2.05, 4.69) is 42.6 Å². The van der Waals surface area contributed by atoms with Gasteiger partial charge in [0, 0.05) is 34.4 Å². The first-order chi connectivity index (χ1) is 20.3. The smallest absolute Gasteiger partial charge is 0.250 e. The number of hydrogen-bond acceptors (Lipinski definition) is 3.